The van der Waals surface area contributed by atoms with Crippen LogP contribution >= 0.6 is 11.9 Å². The fraction of sp³-hybridized carbons (Fsp3) is 0.174. The first-order chi connectivity index (χ1) is 15.4. The van der Waals surface area contributed by atoms with E-state index in [2.05, 4.69) is 19.9 Å². The molecule has 0 unspecified atom stereocenters. The molecule has 4 aromatic rings. The van der Waals surface area contributed by atoms with E-state index in [1.807, 2.05) is 6.92 Å². The molecular formula is C23H19F3N4OS. The van der Waals surface area contributed by atoms with Crippen LogP contribution < -0.4 is 4.72 Å². The van der Waals surface area contributed by atoms with Crippen molar-refractivity contribution >= 4 is 34.5 Å². The highest BCUT2D eigenvalue weighted by Crippen LogP contribution is 2.30. The minimum absolute atomic E-state index is 0.0354. The van der Waals surface area contributed by atoms with Crippen molar-refractivity contribution in [3.63, 3.8) is 0 Å². The average Bonchev–Trinajstić information content (AvgIpc) is 3.19. The van der Waals surface area contributed by atoms with Gasteiger partial charge in [0.15, 0.2) is 11.5 Å². The van der Waals surface area contributed by atoms with Crippen molar-refractivity contribution in [3.05, 3.63) is 76.9 Å². The number of fused-ring (bicyclic) bond motifs is 1. The number of rotatable bonds is 7. The Morgan fingerprint density at radius 3 is 2.72 bits per heavy atom. The molecule has 2 N–H and O–H groups in total. The number of halogens is 3. The fourth-order valence-electron chi connectivity index (χ4n) is 3.35. The van der Waals surface area contributed by atoms with Crippen molar-refractivity contribution in [2.75, 3.05) is 10.5 Å². The molecule has 0 amide bonds. The summed E-state index contributed by atoms with van der Waals surface area (Å²) < 4.78 is 45.3. The molecule has 0 atom stereocenters. The van der Waals surface area contributed by atoms with Crippen molar-refractivity contribution in [3.8, 4) is 11.1 Å². The molecule has 2 aromatic heterocycles. The third kappa shape index (κ3) is 4.08. The summed E-state index contributed by atoms with van der Waals surface area (Å²) in [4.78, 5) is 17.4. The van der Waals surface area contributed by atoms with Crippen molar-refractivity contribution in [2.45, 2.75) is 20.3 Å². The third-order valence-electron chi connectivity index (χ3n) is 4.95. The Morgan fingerprint density at radius 1 is 1.16 bits per heavy atom. The topological polar surface area (TPSA) is 70.7 Å². The van der Waals surface area contributed by atoms with Gasteiger partial charge in [0.1, 0.15) is 23.0 Å². The van der Waals surface area contributed by atoms with Crippen molar-refractivity contribution in [2.24, 2.45) is 0 Å². The minimum atomic E-state index is -0.978. The van der Waals surface area contributed by atoms with Crippen LogP contribution in [-0.2, 0) is 0 Å². The second kappa shape index (κ2) is 9.04. The molecule has 5 nitrogen and oxygen atoms in total. The Hall–Kier alpha value is -3.33. The summed E-state index contributed by atoms with van der Waals surface area (Å²) in [5.41, 5.74) is 1.74. The van der Waals surface area contributed by atoms with Crippen LogP contribution in [0.5, 0.6) is 0 Å². The number of hydrogen-bond donors (Lipinski definition) is 2. The van der Waals surface area contributed by atoms with Crippen LogP contribution in [0.15, 0.2) is 42.6 Å². The second-order valence-corrected chi connectivity index (χ2v) is 8.12. The molecular weight excluding hydrogens is 437 g/mol. The van der Waals surface area contributed by atoms with E-state index in [9.17, 15) is 13.6 Å². The van der Waals surface area contributed by atoms with Crippen molar-refractivity contribution in [1.82, 2.24) is 15.2 Å². The molecule has 32 heavy (non-hydrogen) atoms. The first-order valence-corrected chi connectivity index (χ1v) is 10.9. The van der Waals surface area contributed by atoms with Crippen LogP contribution in [0.1, 0.15) is 35.0 Å². The maximum Gasteiger partial charge on any atom is 0.216 e. The number of aryl methyl sites for hydroxylation is 1. The summed E-state index contributed by atoms with van der Waals surface area (Å²) in [7, 11) is 0. The molecule has 9 heteroatoms. The molecule has 0 saturated heterocycles. The van der Waals surface area contributed by atoms with Crippen molar-refractivity contribution in [1.29, 1.82) is 0 Å². The quantitative estimate of drug-likeness (QED) is 0.201. The van der Waals surface area contributed by atoms with E-state index in [0.717, 1.165) is 36.1 Å². The molecule has 0 aliphatic heterocycles. The summed E-state index contributed by atoms with van der Waals surface area (Å²) in [5.74, 6) is -2.17. The highest BCUT2D eigenvalue weighted by atomic mass is 32.2. The van der Waals surface area contributed by atoms with E-state index in [-0.39, 0.29) is 22.8 Å². The van der Waals surface area contributed by atoms with Gasteiger partial charge < -0.3 is 4.72 Å². The number of carbonyl (C=O) groups excluding carboxylic acids is 1. The molecule has 0 fully saturated rings. The van der Waals surface area contributed by atoms with Crippen LogP contribution in [0, 0.1) is 24.4 Å². The fourth-order valence-corrected chi connectivity index (χ4v) is 3.99. The minimum Gasteiger partial charge on any atom is -0.325 e. The lowest BCUT2D eigenvalue weighted by Gasteiger charge is -2.10. The van der Waals surface area contributed by atoms with E-state index in [0.29, 0.717) is 27.9 Å². The Balaban J connectivity index is 1.75. The smallest absolute Gasteiger partial charge is 0.216 e. The molecule has 0 spiro atoms. The number of ketones is 1. The summed E-state index contributed by atoms with van der Waals surface area (Å²) in [5, 5.41) is 7.08. The number of hydrogen-bond acceptors (Lipinski definition) is 5. The van der Waals surface area contributed by atoms with Crippen LogP contribution in [0.2, 0.25) is 0 Å². The van der Waals surface area contributed by atoms with Gasteiger partial charge in [-0.2, -0.15) is 5.10 Å². The largest absolute Gasteiger partial charge is 0.325 e. The van der Waals surface area contributed by atoms with Crippen LogP contribution in [-0.4, -0.2) is 26.7 Å². The van der Waals surface area contributed by atoms with Gasteiger partial charge in [0, 0.05) is 17.5 Å². The highest BCUT2D eigenvalue weighted by molar-refractivity contribution is 8.00. The number of nitrogens with one attached hydrogen (secondary N) is 2. The SMILES string of the molecule is CCCSNc1c(F)ccc(C(=O)c2n[nH]c3ncc(-c4ccc(F)cc4C)cc23)c1F. The lowest BCUT2D eigenvalue weighted by Crippen LogP contribution is -2.08. The molecule has 0 bridgehead atoms. The first kappa shape index (κ1) is 21.9. The second-order valence-electron chi connectivity index (χ2n) is 7.22. The van der Waals surface area contributed by atoms with Gasteiger partial charge in [0.25, 0.3) is 0 Å². The zero-order valence-electron chi connectivity index (χ0n) is 17.3. The molecule has 164 valence electrons. The molecule has 0 aliphatic rings. The van der Waals surface area contributed by atoms with E-state index in [4.69, 9.17) is 0 Å². The number of aromatic nitrogens is 3. The predicted molar refractivity (Wildman–Crippen MR) is 120 cm³/mol. The van der Waals surface area contributed by atoms with Crippen LogP contribution in [0.25, 0.3) is 22.2 Å². The van der Waals surface area contributed by atoms with Gasteiger partial charge in [-0.3, -0.25) is 9.89 Å². The molecule has 2 heterocycles. The number of nitrogens with zero attached hydrogens (tertiary/aromatic N) is 2. The van der Waals surface area contributed by atoms with Gasteiger partial charge in [0.05, 0.1) is 10.9 Å². The van der Waals surface area contributed by atoms with Gasteiger partial charge in [-0.25, -0.2) is 18.2 Å². The van der Waals surface area contributed by atoms with Gasteiger partial charge >= 0.3 is 0 Å². The lowest BCUT2D eigenvalue weighted by molar-refractivity contribution is 0.103. The van der Waals surface area contributed by atoms with Gasteiger partial charge in [-0.15, -0.1) is 0 Å². The predicted octanol–water partition coefficient (Wildman–Crippen LogP) is 6.05. The first-order valence-electron chi connectivity index (χ1n) is 9.91. The van der Waals surface area contributed by atoms with E-state index < -0.39 is 17.4 Å². The highest BCUT2D eigenvalue weighted by Gasteiger charge is 2.24. The third-order valence-corrected chi connectivity index (χ3v) is 5.91. The normalized spacial score (nSPS) is 11.2. The van der Waals surface area contributed by atoms with E-state index >= 15 is 4.39 Å². The van der Waals surface area contributed by atoms with Gasteiger partial charge in [-0.05, 0) is 54.8 Å². The van der Waals surface area contributed by atoms with E-state index in [1.165, 1.54) is 12.1 Å². The number of benzene rings is 2. The molecule has 0 radical (unpaired) electrons. The zero-order valence-corrected chi connectivity index (χ0v) is 18.1. The number of anilines is 1. The monoisotopic (exact) mass is 456 g/mol. The molecule has 0 aliphatic carbocycles. The number of pyridine rings is 1. The standard InChI is InChI=1S/C23H19F3N4OS/c1-3-8-32-30-21-18(25)7-6-16(19(21)26)22(31)20-17-10-13(11-27-23(17)29-28-20)15-5-4-14(24)9-12(15)2/h4-7,9-11,30H,3,8H2,1-2H3,(H,27,28,29). The zero-order chi connectivity index (χ0) is 22.8. The number of H-pyrrole nitrogens is 1. The molecule has 4 rings (SSSR count). The Kier molecular flexibility index (Phi) is 6.18. The Bertz CT molecular complexity index is 1320. The van der Waals surface area contributed by atoms with Crippen LogP contribution in [0.4, 0.5) is 18.9 Å². The number of aromatic amines is 1. The van der Waals surface area contributed by atoms with Gasteiger partial charge in [0.2, 0.25) is 5.78 Å². The Morgan fingerprint density at radius 2 is 1.97 bits per heavy atom. The maximum atomic E-state index is 15.0. The van der Waals surface area contributed by atoms with Crippen LogP contribution in [0.3, 0.4) is 0 Å². The van der Waals surface area contributed by atoms with Crippen molar-refractivity contribution < 1.29 is 18.0 Å². The van der Waals surface area contributed by atoms with E-state index in [1.54, 1.807) is 25.3 Å². The summed E-state index contributed by atoms with van der Waals surface area (Å²) in [6, 6.07) is 8.21. The summed E-state index contributed by atoms with van der Waals surface area (Å²) in [6.07, 6.45) is 2.40. The molecule has 2 aromatic carbocycles. The average molecular weight is 456 g/mol. The lowest BCUT2D eigenvalue weighted by atomic mass is 9.99. The molecule has 0 saturated carbocycles. The Labute approximate surface area is 186 Å². The summed E-state index contributed by atoms with van der Waals surface area (Å²) >= 11 is 1.16. The maximum absolute atomic E-state index is 15.0. The van der Waals surface area contributed by atoms with Gasteiger partial charge in [-0.1, -0.05) is 24.9 Å². The number of carbonyl (C=O) groups is 1. The summed E-state index contributed by atoms with van der Waals surface area (Å²) in [6.45, 7) is 3.71.